The van der Waals surface area contributed by atoms with Gasteiger partial charge >= 0.3 is 0 Å². The van der Waals surface area contributed by atoms with Crippen molar-refractivity contribution in [1.82, 2.24) is 4.98 Å². The highest BCUT2D eigenvalue weighted by Gasteiger charge is 2.16. The first-order valence-corrected chi connectivity index (χ1v) is 7.21. The van der Waals surface area contributed by atoms with Gasteiger partial charge in [0.25, 0.3) is 0 Å². The number of rotatable bonds is 3. The van der Waals surface area contributed by atoms with Crippen LogP contribution in [0.5, 0.6) is 11.6 Å². The lowest BCUT2D eigenvalue weighted by molar-refractivity contribution is 0.194. The molecular weight excluding hydrogens is 262 g/mol. The summed E-state index contributed by atoms with van der Waals surface area (Å²) in [6.45, 7) is 10.3. The van der Waals surface area contributed by atoms with E-state index < -0.39 is 6.10 Å². The molecule has 0 aliphatic carbocycles. The van der Waals surface area contributed by atoms with Gasteiger partial charge < -0.3 is 9.84 Å². The third-order valence-corrected chi connectivity index (χ3v) is 3.50. The Labute approximate surface area is 126 Å². The standard InChI is InChI=1S/C18H23NO2/c1-12-11-14(18(3,4)5)8-9-16(12)21-17-15(13(2)20)7-6-10-19-17/h6-11,13,20H,1-5H3/t13-/m0/s1. The lowest BCUT2D eigenvalue weighted by atomic mass is 9.86. The summed E-state index contributed by atoms with van der Waals surface area (Å²) in [6, 6.07) is 9.81. The minimum Gasteiger partial charge on any atom is -0.438 e. The Kier molecular flexibility index (Phi) is 4.33. The molecule has 1 heterocycles. The van der Waals surface area contributed by atoms with Crippen LogP contribution in [0.2, 0.25) is 0 Å². The maximum absolute atomic E-state index is 9.78. The number of aliphatic hydroxyl groups excluding tert-OH is 1. The molecule has 1 aromatic heterocycles. The normalized spacial score (nSPS) is 13.0. The highest BCUT2D eigenvalue weighted by Crippen LogP contribution is 2.32. The minimum absolute atomic E-state index is 0.110. The Morgan fingerprint density at radius 1 is 1.19 bits per heavy atom. The van der Waals surface area contributed by atoms with Crippen molar-refractivity contribution in [2.45, 2.75) is 46.1 Å². The van der Waals surface area contributed by atoms with Gasteiger partial charge in [-0.3, -0.25) is 0 Å². The lowest BCUT2D eigenvalue weighted by Crippen LogP contribution is -2.11. The number of aryl methyl sites for hydroxylation is 1. The second-order valence-electron chi connectivity index (χ2n) is 6.41. The average molecular weight is 285 g/mol. The number of hydrogen-bond donors (Lipinski definition) is 1. The average Bonchev–Trinajstić information content (AvgIpc) is 2.40. The predicted octanol–water partition coefficient (Wildman–Crippen LogP) is 4.53. The molecule has 0 amide bonds. The van der Waals surface area contributed by atoms with Crippen LogP contribution in [0.4, 0.5) is 0 Å². The van der Waals surface area contributed by atoms with Crippen molar-refractivity contribution >= 4 is 0 Å². The van der Waals surface area contributed by atoms with Crippen LogP contribution >= 0.6 is 0 Å². The van der Waals surface area contributed by atoms with Crippen LogP contribution < -0.4 is 4.74 Å². The second kappa shape index (κ2) is 5.86. The molecule has 2 rings (SSSR count). The lowest BCUT2D eigenvalue weighted by Gasteiger charge is -2.21. The summed E-state index contributed by atoms with van der Waals surface area (Å²) < 4.78 is 5.90. The van der Waals surface area contributed by atoms with Gasteiger partial charge in [0.05, 0.1) is 6.10 Å². The Balaban J connectivity index is 2.33. The molecule has 0 spiro atoms. The van der Waals surface area contributed by atoms with Crippen LogP contribution in [0.3, 0.4) is 0 Å². The van der Waals surface area contributed by atoms with Crippen molar-refractivity contribution in [2.75, 3.05) is 0 Å². The maximum atomic E-state index is 9.78. The van der Waals surface area contributed by atoms with Crippen molar-refractivity contribution in [1.29, 1.82) is 0 Å². The van der Waals surface area contributed by atoms with E-state index in [9.17, 15) is 5.11 Å². The quantitative estimate of drug-likeness (QED) is 0.900. The van der Waals surface area contributed by atoms with Crippen LogP contribution in [0.25, 0.3) is 0 Å². The molecule has 0 radical (unpaired) electrons. The summed E-state index contributed by atoms with van der Waals surface area (Å²) >= 11 is 0. The van der Waals surface area contributed by atoms with Crippen molar-refractivity contribution in [2.24, 2.45) is 0 Å². The first kappa shape index (κ1) is 15.5. The van der Waals surface area contributed by atoms with E-state index in [1.54, 1.807) is 19.2 Å². The Hall–Kier alpha value is -1.87. The zero-order chi connectivity index (χ0) is 15.6. The first-order valence-electron chi connectivity index (χ1n) is 7.21. The van der Waals surface area contributed by atoms with E-state index in [0.717, 1.165) is 11.3 Å². The molecule has 0 bridgehead atoms. The third-order valence-electron chi connectivity index (χ3n) is 3.50. The minimum atomic E-state index is -0.608. The van der Waals surface area contributed by atoms with Gasteiger partial charge in [0.1, 0.15) is 5.75 Å². The van der Waals surface area contributed by atoms with Gasteiger partial charge in [-0.25, -0.2) is 4.98 Å². The summed E-state index contributed by atoms with van der Waals surface area (Å²) in [4.78, 5) is 4.23. The molecule has 0 saturated heterocycles. The fraction of sp³-hybridized carbons (Fsp3) is 0.389. The van der Waals surface area contributed by atoms with Gasteiger partial charge in [-0.2, -0.15) is 0 Å². The SMILES string of the molecule is Cc1cc(C(C)(C)C)ccc1Oc1ncccc1[C@H](C)O. The molecule has 0 saturated carbocycles. The molecule has 0 aliphatic heterocycles. The number of aromatic nitrogens is 1. The fourth-order valence-electron chi connectivity index (χ4n) is 2.14. The van der Waals surface area contributed by atoms with Crippen LogP contribution in [0.15, 0.2) is 36.5 Å². The fourth-order valence-corrected chi connectivity index (χ4v) is 2.14. The van der Waals surface area contributed by atoms with Gasteiger partial charge in [-0.05, 0) is 48.6 Å². The number of nitrogens with zero attached hydrogens (tertiary/aromatic N) is 1. The zero-order valence-corrected chi connectivity index (χ0v) is 13.3. The summed E-state index contributed by atoms with van der Waals surface area (Å²) in [6.07, 6.45) is 1.06. The Morgan fingerprint density at radius 3 is 2.48 bits per heavy atom. The first-order chi connectivity index (χ1) is 9.79. The van der Waals surface area contributed by atoms with E-state index >= 15 is 0 Å². The van der Waals surface area contributed by atoms with E-state index in [2.05, 4.69) is 37.9 Å². The number of benzene rings is 1. The molecule has 1 atom stereocenters. The van der Waals surface area contributed by atoms with Crippen LogP contribution in [0.1, 0.15) is 50.5 Å². The maximum Gasteiger partial charge on any atom is 0.225 e. The van der Waals surface area contributed by atoms with Gasteiger partial charge in [0, 0.05) is 11.8 Å². The molecule has 3 nitrogen and oxygen atoms in total. The molecule has 0 aliphatic rings. The molecule has 112 valence electrons. The third kappa shape index (κ3) is 3.61. The van der Waals surface area contributed by atoms with Crippen molar-refractivity contribution < 1.29 is 9.84 Å². The summed E-state index contributed by atoms with van der Waals surface area (Å²) in [5, 5.41) is 9.78. The monoisotopic (exact) mass is 285 g/mol. The van der Waals surface area contributed by atoms with Crippen LogP contribution in [-0.2, 0) is 5.41 Å². The van der Waals surface area contributed by atoms with Gasteiger partial charge in [0.2, 0.25) is 5.88 Å². The molecular formula is C18H23NO2. The summed E-state index contributed by atoms with van der Waals surface area (Å²) in [7, 11) is 0. The van der Waals surface area contributed by atoms with E-state index in [0.29, 0.717) is 11.4 Å². The number of aliphatic hydroxyl groups is 1. The number of hydrogen-bond acceptors (Lipinski definition) is 3. The molecule has 0 unspecified atom stereocenters. The van der Waals surface area contributed by atoms with Gasteiger partial charge in [-0.15, -0.1) is 0 Å². The zero-order valence-electron chi connectivity index (χ0n) is 13.3. The van der Waals surface area contributed by atoms with Crippen molar-refractivity contribution in [3.05, 3.63) is 53.2 Å². The number of ether oxygens (including phenoxy) is 1. The van der Waals surface area contributed by atoms with Crippen LogP contribution in [-0.4, -0.2) is 10.1 Å². The molecule has 1 N–H and O–H groups in total. The highest BCUT2D eigenvalue weighted by molar-refractivity contribution is 5.42. The summed E-state index contributed by atoms with van der Waals surface area (Å²) in [5.74, 6) is 1.22. The van der Waals surface area contributed by atoms with E-state index in [1.807, 2.05) is 19.1 Å². The predicted molar refractivity (Wildman–Crippen MR) is 84.8 cm³/mol. The molecule has 0 fully saturated rings. The smallest absolute Gasteiger partial charge is 0.225 e. The molecule has 3 heteroatoms. The topological polar surface area (TPSA) is 42.4 Å². The highest BCUT2D eigenvalue weighted by atomic mass is 16.5. The van der Waals surface area contributed by atoms with Gasteiger partial charge in [0.15, 0.2) is 0 Å². The largest absolute Gasteiger partial charge is 0.438 e. The Morgan fingerprint density at radius 2 is 1.90 bits per heavy atom. The second-order valence-corrected chi connectivity index (χ2v) is 6.41. The van der Waals surface area contributed by atoms with Crippen molar-refractivity contribution in [3.8, 4) is 11.6 Å². The molecule has 21 heavy (non-hydrogen) atoms. The molecule has 1 aromatic carbocycles. The van der Waals surface area contributed by atoms with E-state index in [1.165, 1.54) is 5.56 Å². The number of pyridine rings is 1. The van der Waals surface area contributed by atoms with E-state index in [4.69, 9.17) is 4.74 Å². The van der Waals surface area contributed by atoms with Gasteiger partial charge in [-0.1, -0.05) is 32.9 Å². The van der Waals surface area contributed by atoms with E-state index in [-0.39, 0.29) is 5.41 Å². The Bertz CT molecular complexity index is 627. The molecule has 2 aromatic rings. The van der Waals surface area contributed by atoms with Crippen LogP contribution in [0, 0.1) is 6.92 Å². The summed E-state index contributed by atoms with van der Waals surface area (Å²) in [5.41, 5.74) is 3.13. The van der Waals surface area contributed by atoms with Crippen molar-refractivity contribution in [3.63, 3.8) is 0 Å².